The molecule has 1 unspecified atom stereocenters. The Morgan fingerprint density at radius 3 is 2.52 bits per heavy atom. The Labute approximate surface area is 171 Å². The van der Waals surface area contributed by atoms with Crippen molar-refractivity contribution in [3.05, 3.63) is 65.5 Å². The fourth-order valence-electron chi connectivity index (χ4n) is 3.27. The van der Waals surface area contributed by atoms with Gasteiger partial charge in [-0.05, 0) is 53.4 Å². The Kier molecular flexibility index (Phi) is 6.86. The van der Waals surface area contributed by atoms with E-state index in [9.17, 15) is 9.18 Å². The molecule has 0 bridgehead atoms. The summed E-state index contributed by atoms with van der Waals surface area (Å²) in [6.07, 6.45) is 0.880. The molecule has 1 amide bonds. The van der Waals surface area contributed by atoms with Gasteiger partial charge in [-0.15, -0.1) is 0 Å². The number of carbonyl (C=O) groups excluding carboxylic acids is 1. The first-order chi connectivity index (χ1) is 13.9. The van der Waals surface area contributed by atoms with Crippen molar-refractivity contribution in [2.75, 3.05) is 13.7 Å². The lowest BCUT2D eigenvalue weighted by Crippen LogP contribution is -2.37. The smallest absolute Gasteiger partial charge is 0.223 e. The standard InChI is InChI=1S/C23H27FN2O3/c1-16(2)12-23(27)26(14-17-4-8-19(24)9-5-17)15-21-13-22(25-29-21)18-6-10-20(28-3)11-7-18/h4-11,16,21H,12-15H2,1-3H3. The molecule has 2 aromatic rings. The highest BCUT2D eigenvalue weighted by molar-refractivity contribution is 6.01. The Balaban J connectivity index is 1.65. The normalized spacial score (nSPS) is 15.8. The molecule has 1 atom stereocenters. The molecule has 0 saturated carbocycles. The third-order valence-corrected chi connectivity index (χ3v) is 4.80. The number of rotatable bonds is 8. The maximum Gasteiger partial charge on any atom is 0.223 e. The van der Waals surface area contributed by atoms with Crippen molar-refractivity contribution in [3.8, 4) is 5.75 Å². The minimum absolute atomic E-state index is 0.0609. The Bertz CT molecular complexity index is 847. The number of benzene rings is 2. The second-order valence-electron chi connectivity index (χ2n) is 7.70. The summed E-state index contributed by atoms with van der Waals surface area (Å²) in [7, 11) is 1.63. The molecule has 0 N–H and O–H groups in total. The zero-order chi connectivity index (χ0) is 20.8. The Morgan fingerprint density at radius 2 is 1.90 bits per heavy atom. The van der Waals surface area contributed by atoms with Crippen LogP contribution in [0.25, 0.3) is 0 Å². The first kappa shape index (κ1) is 20.8. The number of oxime groups is 1. The van der Waals surface area contributed by atoms with Gasteiger partial charge in [-0.2, -0.15) is 0 Å². The minimum atomic E-state index is -0.287. The van der Waals surface area contributed by atoms with Crippen molar-refractivity contribution in [1.82, 2.24) is 4.90 Å². The van der Waals surface area contributed by atoms with Gasteiger partial charge in [0.05, 0.1) is 19.4 Å². The Hall–Kier alpha value is -2.89. The number of carbonyl (C=O) groups is 1. The molecule has 154 valence electrons. The van der Waals surface area contributed by atoms with Gasteiger partial charge in [0.1, 0.15) is 11.6 Å². The van der Waals surface area contributed by atoms with E-state index in [0.29, 0.717) is 25.9 Å². The van der Waals surface area contributed by atoms with E-state index in [0.717, 1.165) is 22.6 Å². The van der Waals surface area contributed by atoms with E-state index in [1.165, 1.54) is 12.1 Å². The molecule has 0 aromatic heterocycles. The number of nitrogens with zero attached hydrogens (tertiary/aromatic N) is 2. The topological polar surface area (TPSA) is 51.1 Å². The summed E-state index contributed by atoms with van der Waals surface area (Å²) in [6, 6.07) is 13.9. The molecule has 6 heteroatoms. The van der Waals surface area contributed by atoms with E-state index in [1.54, 1.807) is 24.1 Å². The van der Waals surface area contributed by atoms with Crippen molar-refractivity contribution in [2.45, 2.75) is 39.3 Å². The van der Waals surface area contributed by atoms with E-state index in [1.807, 2.05) is 38.1 Å². The highest BCUT2D eigenvalue weighted by Gasteiger charge is 2.27. The third kappa shape index (κ3) is 5.79. The predicted molar refractivity (Wildman–Crippen MR) is 110 cm³/mol. The maximum absolute atomic E-state index is 13.2. The van der Waals surface area contributed by atoms with Crippen LogP contribution in [0.5, 0.6) is 5.75 Å². The highest BCUT2D eigenvalue weighted by Crippen LogP contribution is 2.21. The van der Waals surface area contributed by atoms with Crippen LogP contribution in [0.1, 0.15) is 37.8 Å². The molecule has 1 aliphatic heterocycles. The average Bonchev–Trinajstić information content (AvgIpc) is 3.17. The van der Waals surface area contributed by atoms with E-state index >= 15 is 0 Å². The zero-order valence-corrected chi connectivity index (χ0v) is 17.1. The summed E-state index contributed by atoms with van der Waals surface area (Å²) in [4.78, 5) is 20.2. The lowest BCUT2D eigenvalue weighted by molar-refractivity contribution is -0.134. The number of hydrogen-bond acceptors (Lipinski definition) is 4. The number of methoxy groups -OCH3 is 1. The zero-order valence-electron chi connectivity index (χ0n) is 17.1. The van der Waals surface area contributed by atoms with Crippen LogP contribution < -0.4 is 4.74 Å². The predicted octanol–water partition coefficient (Wildman–Crippen LogP) is 4.40. The molecular formula is C23H27FN2O3. The van der Waals surface area contributed by atoms with Gasteiger partial charge in [0.25, 0.3) is 0 Å². The molecule has 2 aromatic carbocycles. The highest BCUT2D eigenvalue weighted by atomic mass is 19.1. The Morgan fingerprint density at radius 1 is 1.21 bits per heavy atom. The lowest BCUT2D eigenvalue weighted by atomic mass is 10.0. The molecule has 1 heterocycles. The number of ether oxygens (including phenoxy) is 1. The van der Waals surface area contributed by atoms with E-state index in [-0.39, 0.29) is 23.7 Å². The molecular weight excluding hydrogens is 371 g/mol. The quantitative estimate of drug-likeness (QED) is 0.662. The molecule has 3 rings (SSSR count). The molecule has 0 saturated heterocycles. The van der Waals surface area contributed by atoms with Crippen LogP contribution in [0.2, 0.25) is 0 Å². The van der Waals surface area contributed by atoms with Crippen LogP contribution in [-0.4, -0.2) is 36.3 Å². The van der Waals surface area contributed by atoms with Gasteiger partial charge in [-0.1, -0.05) is 31.1 Å². The summed E-state index contributed by atoms with van der Waals surface area (Å²) in [5.41, 5.74) is 2.72. The van der Waals surface area contributed by atoms with Gasteiger partial charge in [0.15, 0.2) is 6.10 Å². The SMILES string of the molecule is COc1ccc(C2=NOC(CN(Cc3ccc(F)cc3)C(=O)CC(C)C)C2)cc1. The molecule has 0 fully saturated rings. The summed E-state index contributed by atoms with van der Waals surface area (Å²) in [5, 5.41) is 4.22. The molecule has 29 heavy (non-hydrogen) atoms. The second kappa shape index (κ2) is 9.54. The van der Waals surface area contributed by atoms with Crippen molar-refractivity contribution in [3.63, 3.8) is 0 Å². The fourth-order valence-corrected chi connectivity index (χ4v) is 3.27. The van der Waals surface area contributed by atoms with Gasteiger partial charge >= 0.3 is 0 Å². The molecule has 0 radical (unpaired) electrons. The minimum Gasteiger partial charge on any atom is -0.497 e. The van der Waals surface area contributed by atoms with Crippen molar-refractivity contribution >= 4 is 11.6 Å². The van der Waals surface area contributed by atoms with Gasteiger partial charge < -0.3 is 14.5 Å². The molecule has 5 nitrogen and oxygen atoms in total. The number of amides is 1. The van der Waals surface area contributed by atoms with Crippen molar-refractivity contribution in [2.24, 2.45) is 11.1 Å². The van der Waals surface area contributed by atoms with Gasteiger partial charge in [-0.3, -0.25) is 4.79 Å². The molecule has 0 aliphatic carbocycles. The average molecular weight is 398 g/mol. The summed E-state index contributed by atoms with van der Waals surface area (Å²) in [5.74, 6) is 0.819. The second-order valence-corrected chi connectivity index (χ2v) is 7.70. The summed E-state index contributed by atoms with van der Waals surface area (Å²) in [6.45, 7) is 4.89. The van der Waals surface area contributed by atoms with E-state index in [2.05, 4.69) is 5.16 Å². The third-order valence-electron chi connectivity index (χ3n) is 4.80. The number of hydrogen-bond donors (Lipinski definition) is 0. The maximum atomic E-state index is 13.2. The first-order valence-corrected chi connectivity index (χ1v) is 9.84. The number of halogens is 1. The van der Waals surface area contributed by atoms with Crippen LogP contribution in [0, 0.1) is 11.7 Å². The van der Waals surface area contributed by atoms with Crippen LogP contribution in [-0.2, 0) is 16.2 Å². The monoisotopic (exact) mass is 398 g/mol. The van der Waals surface area contributed by atoms with E-state index in [4.69, 9.17) is 9.57 Å². The van der Waals surface area contributed by atoms with Gasteiger partial charge in [-0.25, -0.2) is 4.39 Å². The lowest BCUT2D eigenvalue weighted by Gasteiger charge is -2.26. The van der Waals surface area contributed by atoms with Crippen LogP contribution in [0.4, 0.5) is 4.39 Å². The van der Waals surface area contributed by atoms with E-state index < -0.39 is 0 Å². The fraction of sp³-hybridized carbons (Fsp3) is 0.391. The molecule has 1 aliphatic rings. The molecule has 0 spiro atoms. The summed E-state index contributed by atoms with van der Waals surface area (Å²) < 4.78 is 18.4. The van der Waals surface area contributed by atoms with Gasteiger partial charge in [0.2, 0.25) is 5.91 Å². The van der Waals surface area contributed by atoms with Crippen molar-refractivity contribution in [1.29, 1.82) is 0 Å². The van der Waals surface area contributed by atoms with Crippen LogP contribution in [0.15, 0.2) is 53.7 Å². The van der Waals surface area contributed by atoms with Gasteiger partial charge in [0, 0.05) is 19.4 Å². The summed E-state index contributed by atoms with van der Waals surface area (Å²) >= 11 is 0. The van der Waals surface area contributed by atoms with Crippen molar-refractivity contribution < 1.29 is 18.8 Å². The van der Waals surface area contributed by atoms with Crippen LogP contribution >= 0.6 is 0 Å². The largest absolute Gasteiger partial charge is 0.497 e. The first-order valence-electron chi connectivity index (χ1n) is 9.84. The van der Waals surface area contributed by atoms with Crippen LogP contribution in [0.3, 0.4) is 0 Å².